The standard InChI is InChI=1S/C21H18FN3O3S3/c1-24-19(26)17-18(25(21(29)31-17)13-5-4-6-14(10-13)27-2)23-20(24)30-11-12-7-8-16(28-3)15(22)9-12/h4-10H,11H2,1-3H3. The maximum atomic E-state index is 14.0. The fourth-order valence-corrected chi connectivity index (χ4v) is 5.32. The second-order valence-corrected chi connectivity index (χ2v) is 9.16. The Bertz CT molecular complexity index is 1390. The second kappa shape index (κ2) is 8.81. The van der Waals surface area contributed by atoms with E-state index in [1.807, 2.05) is 24.3 Å². The summed E-state index contributed by atoms with van der Waals surface area (Å²) in [6, 6.07) is 12.2. The molecule has 160 valence electrons. The molecule has 0 saturated heterocycles. The highest BCUT2D eigenvalue weighted by Gasteiger charge is 2.17. The molecule has 0 N–H and O–H groups in total. The number of ether oxygens (including phenoxy) is 2. The molecule has 31 heavy (non-hydrogen) atoms. The van der Waals surface area contributed by atoms with Crippen molar-refractivity contribution in [1.29, 1.82) is 0 Å². The minimum absolute atomic E-state index is 0.175. The number of hydrogen-bond acceptors (Lipinski definition) is 7. The van der Waals surface area contributed by atoms with E-state index in [0.29, 0.717) is 31.0 Å². The predicted octanol–water partition coefficient (Wildman–Crippen LogP) is 4.96. The van der Waals surface area contributed by atoms with Crippen LogP contribution in [0.3, 0.4) is 0 Å². The van der Waals surface area contributed by atoms with Crippen LogP contribution in [0.4, 0.5) is 4.39 Å². The molecule has 0 amide bonds. The molecular weight excluding hydrogens is 457 g/mol. The molecule has 0 fully saturated rings. The van der Waals surface area contributed by atoms with Crippen molar-refractivity contribution in [3.8, 4) is 17.2 Å². The van der Waals surface area contributed by atoms with E-state index < -0.39 is 5.82 Å². The van der Waals surface area contributed by atoms with Crippen LogP contribution in [0.2, 0.25) is 0 Å². The van der Waals surface area contributed by atoms with E-state index in [-0.39, 0.29) is 11.3 Å². The molecule has 2 aromatic heterocycles. The van der Waals surface area contributed by atoms with Gasteiger partial charge in [-0.15, -0.1) is 0 Å². The fourth-order valence-electron chi connectivity index (χ4n) is 3.07. The Morgan fingerprint density at radius 2 is 2.00 bits per heavy atom. The van der Waals surface area contributed by atoms with Gasteiger partial charge >= 0.3 is 0 Å². The van der Waals surface area contributed by atoms with Crippen LogP contribution in [0, 0.1) is 9.77 Å². The molecule has 0 aliphatic rings. The highest BCUT2D eigenvalue weighted by molar-refractivity contribution is 7.98. The Kier molecular flexibility index (Phi) is 6.12. The van der Waals surface area contributed by atoms with Gasteiger partial charge in [-0.3, -0.25) is 13.9 Å². The Morgan fingerprint density at radius 3 is 2.71 bits per heavy atom. The maximum absolute atomic E-state index is 14.0. The number of thioether (sulfide) groups is 1. The summed E-state index contributed by atoms with van der Waals surface area (Å²) in [4.78, 5) is 17.7. The number of benzene rings is 2. The van der Waals surface area contributed by atoms with Crippen LogP contribution >= 0.6 is 35.3 Å². The lowest BCUT2D eigenvalue weighted by molar-refractivity contribution is 0.386. The van der Waals surface area contributed by atoms with Crippen molar-refractivity contribution >= 4 is 45.7 Å². The molecular formula is C21H18FN3O3S3. The normalized spacial score (nSPS) is 11.1. The number of nitrogens with zero attached hydrogens (tertiary/aromatic N) is 3. The largest absolute Gasteiger partial charge is 0.497 e. The fraction of sp³-hybridized carbons (Fsp3) is 0.190. The Labute approximate surface area is 190 Å². The Balaban J connectivity index is 1.76. The molecule has 0 atom stereocenters. The Hall–Kier alpha value is -2.69. The molecule has 0 spiro atoms. The first-order valence-corrected chi connectivity index (χ1v) is 11.4. The molecule has 4 aromatic rings. The molecule has 0 aliphatic heterocycles. The number of thiazole rings is 1. The van der Waals surface area contributed by atoms with Gasteiger partial charge in [-0.05, 0) is 42.0 Å². The summed E-state index contributed by atoms with van der Waals surface area (Å²) < 4.78 is 28.5. The molecule has 0 bridgehead atoms. The summed E-state index contributed by atoms with van der Waals surface area (Å²) in [6.45, 7) is 0. The SMILES string of the molecule is COc1cccc(-n2c(=S)sc3c(=O)n(C)c(SCc4ccc(OC)c(F)c4)nc32)c1. The highest BCUT2D eigenvalue weighted by atomic mass is 32.2. The van der Waals surface area contributed by atoms with Crippen molar-refractivity contribution < 1.29 is 13.9 Å². The highest BCUT2D eigenvalue weighted by Crippen LogP contribution is 2.29. The van der Waals surface area contributed by atoms with E-state index in [2.05, 4.69) is 0 Å². The average molecular weight is 476 g/mol. The minimum atomic E-state index is -0.428. The summed E-state index contributed by atoms with van der Waals surface area (Å²) in [6.07, 6.45) is 0. The zero-order valence-electron chi connectivity index (χ0n) is 16.9. The predicted molar refractivity (Wildman–Crippen MR) is 124 cm³/mol. The van der Waals surface area contributed by atoms with Gasteiger partial charge in [-0.1, -0.05) is 35.2 Å². The summed E-state index contributed by atoms with van der Waals surface area (Å²) in [5.74, 6) is 0.883. The third-order valence-electron chi connectivity index (χ3n) is 4.67. The lowest BCUT2D eigenvalue weighted by atomic mass is 10.2. The van der Waals surface area contributed by atoms with E-state index in [1.165, 1.54) is 40.8 Å². The molecule has 2 aromatic carbocycles. The molecule has 0 aliphatic carbocycles. The van der Waals surface area contributed by atoms with Crippen molar-refractivity contribution in [2.45, 2.75) is 10.9 Å². The van der Waals surface area contributed by atoms with Crippen LogP contribution in [0.15, 0.2) is 52.4 Å². The maximum Gasteiger partial charge on any atom is 0.273 e. The van der Waals surface area contributed by atoms with Crippen LogP contribution in [-0.4, -0.2) is 28.3 Å². The average Bonchev–Trinajstić information content (AvgIpc) is 3.11. The number of halogens is 1. The number of methoxy groups -OCH3 is 2. The lowest BCUT2D eigenvalue weighted by Crippen LogP contribution is -2.19. The van der Waals surface area contributed by atoms with Crippen molar-refractivity contribution in [3.05, 3.63) is 68.2 Å². The van der Waals surface area contributed by atoms with E-state index >= 15 is 0 Å². The van der Waals surface area contributed by atoms with Gasteiger partial charge in [-0.2, -0.15) is 0 Å². The van der Waals surface area contributed by atoms with Crippen LogP contribution in [0.25, 0.3) is 16.0 Å². The van der Waals surface area contributed by atoms with Gasteiger partial charge in [0, 0.05) is 18.9 Å². The zero-order chi connectivity index (χ0) is 22.1. The monoisotopic (exact) mass is 475 g/mol. The molecule has 0 saturated carbocycles. The Morgan fingerprint density at radius 1 is 1.19 bits per heavy atom. The van der Waals surface area contributed by atoms with E-state index in [9.17, 15) is 9.18 Å². The molecule has 0 unspecified atom stereocenters. The van der Waals surface area contributed by atoms with Gasteiger partial charge in [0.1, 0.15) is 10.4 Å². The third-order valence-corrected chi connectivity index (χ3v) is 7.12. The molecule has 4 rings (SSSR count). The van der Waals surface area contributed by atoms with E-state index in [1.54, 1.807) is 30.9 Å². The number of rotatable bonds is 6. The van der Waals surface area contributed by atoms with Crippen LogP contribution in [-0.2, 0) is 12.8 Å². The van der Waals surface area contributed by atoms with Crippen molar-refractivity contribution in [3.63, 3.8) is 0 Å². The van der Waals surface area contributed by atoms with Crippen LogP contribution in [0.1, 0.15) is 5.56 Å². The van der Waals surface area contributed by atoms with Gasteiger partial charge in [0.2, 0.25) is 0 Å². The first kappa shape index (κ1) is 21.5. The van der Waals surface area contributed by atoms with Crippen molar-refractivity contribution in [1.82, 2.24) is 14.1 Å². The first-order valence-electron chi connectivity index (χ1n) is 9.15. The topological polar surface area (TPSA) is 58.3 Å². The summed E-state index contributed by atoms with van der Waals surface area (Å²) in [5, 5.41) is 0.512. The summed E-state index contributed by atoms with van der Waals surface area (Å²) >= 11 is 8.11. The van der Waals surface area contributed by atoms with Gasteiger partial charge < -0.3 is 9.47 Å². The van der Waals surface area contributed by atoms with Gasteiger partial charge in [-0.25, -0.2) is 9.37 Å². The first-order chi connectivity index (χ1) is 14.9. The van der Waals surface area contributed by atoms with Crippen LogP contribution in [0.5, 0.6) is 11.5 Å². The van der Waals surface area contributed by atoms with Crippen molar-refractivity contribution in [2.24, 2.45) is 7.05 Å². The number of fused-ring (bicyclic) bond motifs is 1. The van der Waals surface area contributed by atoms with Gasteiger partial charge in [0.05, 0.1) is 19.9 Å². The number of aromatic nitrogens is 3. The minimum Gasteiger partial charge on any atom is -0.497 e. The van der Waals surface area contributed by atoms with E-state index in [0.717, 1.165) is 11.3 Å². The number of hydrogen-bond donors (Lipinski definition) is 0. The zero-order valence-corrected chi connectivity index (χ0v) is 19.4. The summed E-state index contributed by atoms with van der Waals surface area (Å²) in [5.41, 5.74) is 1.85. The quantitative estimate of drug-likeness (QED) is 0.223. The molecule has 2 heterocycles. The molecule has 6 nitrogen and oxygen atoms in total. The van der Waals surface area contributed by atoms with Crippen LogP contribution < -0.4 is 15.0 Å². The smallest absolute Gasteiger partial charge is 0.273 e. The lowest BCUT2D eigenvalue weighted by Gasteiger charge is -2.10. The third kappa shape index (κ3) is 4.10. The van der Waals surface area contributed by atoms with Gasteiger partial charge in [0.15, 0.2) is 26.3 Å². The van der Waals surface area contributed by atoms with Crippen molar-refractivity contribution in [2.75, 3.05) is 14.2 Å². The molecule has 10 heteroatoms. The van der Waals surface area contributed by atoms with Gasteiger partial charge in [0.25, 0.3) is 5.56 Å². The van der Waals surface area contributed by atoms with E-state index in [4.69, 9.17) is 26.7 Å². The second-order valence-electron chi connectivity index (χ2n) is 6.57. The summed E-state index contributed by atoms with van der Waals surface area (Å²) in [7, 11) is 4.69. The molecule has 0 radical (unpaired) electrons.